The molecule has 0 saturated carbocycles. The highest BCUT2D eigenvalue weighted by Crippen LogP contribution is 2.30. The maximum absolute atomic E-state index is 6.28. The number of ether oxygens (including phenoxy) is 1. The van der Waals surface area contributed by atoms with Crippen LogP contribution in [0.1, 0.15) is 34.8 Å². The molecular formula is C18H23NO. The second kappa shape index (κ2) is 6.58. The summed E-state index contributed by atoms with van der Waals surface area (Å²) >= 11 is 0. The molecule has 0 aliphatic rings. The molecule has 2 nitrogen and oxygen atoms in total. The molecule has 2 heteroatoms. The average molecular weight is 269 g/mol. The van der Waals surface area contributed by atoms with Crippen LogP contribution in [0, 0.1) is 20.8 Å². The van der Waals surface area contributed by atoms with Crippen LogP contribution in [-0.4, -0.2) is 6.54 Å². The van der Waals surface area contributed by atoms with Gasteiger partial charge >= 0.3 is 0 Å². The lowest BCUT2D eigenvalue weighted by Gasteiger charge is -2.22. The average Bonchev–Trinajstić information content (AvgIpc) is 2.42. The molecule has 0 fully saturated rings. The van der Waals surface area contributed by atoms with Crippen molar-refractivity contribution in [1.82, 2.24) is 0 Å². The van der Waals surface area contributed by atoms with E-state index in [1.54, 1.807) is 0 Å². The smallest absolute Gasteiger partial charge is 0.126 e. The molecule has 0 heterocycles. The highest BCUT2D eigenvalue weighted by molar-refractivity contribution is 5.43. The summed E-state index contributed by atoms with van der Waals surface area (Å²) in [6.07, 6.45) is 0.831. The van der Waals surface area contributed by atoms with Crippen LogP contribution in [0.4, 0.5) is 0 Å². The van der Waals surface area contributed by atoms with Crippen LogP contribution < -0.4 is 10.5 Å². The third-order valence-corrected chi connectivity index (χ3v) is 3.46. The lowest BCUT2D eigenvalue weighted by atomic mass is 10.0. The number of rotatable bonds is 5. The molecule has 20 heavy (non-hydrogen) atoms. The molecule has 0 saturated heterocycles. The van der Waals surface area contributed by atoms with Gasteiger partial charge in [0.2, 0.25) is 0 Å². The number of nitrogens with two attached hydrogens (primary N) is 1. The molecule has 0 radical (unpaired) electrons. The fourth-order valence-electron chi connectivity index (χ4n) is 2.61. The Labute approximate surface area is 121 Å². The van der Waals surface area contributed by atoms with Crippen LogP contribution in [-0.2, 0) is 0 Å². The maximum Gasteiger partial charge on any atom is 0.126 e. The van der Waals surface area contributed by atoms with Crippen molar-refractivity contribution in [2.75, 3.05) is 6.54 Å². The second-order valence-corrected chi connectivity index (χ2v) is 5.32. The predicted molar refractivity (Wildman–Crippen MR) is 84.1 cm³/mol. The van der Waals surface area contributed by atoms with Crippen LogP contribution in [0.2, 0.25) is 0 Å². The van der Waals surface area contributed by atoms with E-state index in [9.17, 15) is 0 Å². The summed E-state index contributed by atoms with van der Waals surface area (Å²) in [5.41, 5.74) is 10.5. The number of hydrogen-bond donors (Lipinski definition) is 1. The van der Waals surface area contributed by atoms with Gasteiger partial charge in [-0.2, -0.15) is 0 Å². The topological polar surface area (TPSA) is 35.2 Å². The molecule has 0 bridgehead atoms. The lowest BCUT2D eigenvalue weighted by Crippen LogP contribution is -2.14. The van der Waals surface area contributed by atoms with Crippen molar-refractivity contribution in [3.8, 4) is 5.75 Å². The van der Waals surface area contributed by atoms with Gasteiger partial charge < -0.3 is 10.5 Å². The van der Waals surface area contributed by atoms with Crippen LogP contribution in [0.5, 0.6) is 5.75 Å². The summed E-state index contributed by atoms with van der Waals surface area (Å²) in [5.74, 6) is 0.984. The minimum Gasteiger partial charge on any atom is -0.485 e. The van der Waals surface area contributed by atoms with E-state index >= 15 is 0 Å². The van der Waals surface area contributed by atoms with Crippen molar-refractivity contribution in [2.45, 2.75) is 33.3 Å². The normalized spacial score (nSPS) is 12.2. The molecule has 1 unspecified atom stereocenters. The molecule has 1 atom stereocenters. The van der Waals surface area contributed by atoms with E-state index in [4.69, 9.17) is 10.5 Å². The molecule has 0 aliphatic carbocycles. The Hall–Kier alpha value is -1.80. The second-order valence-electron chi connectivity index (χ2n) is 5.32. The predicted octanol–water partition coefficient (Wildman–Crippen LogP) is 4.08. The molecule has 0 amide bonds. The van der Waals surface area contributed by atoms with E-state index in [1.165, 1.54) is 22.3 Å². The Kier molecular flexibility index (Phi) is 4.80. The Morgan fingerprint density at radius 2 is 1.60 bits per heavy atom. The van der Waals surface area contributed by atoms with Crippen molar-refractivity contribution < 1.29 is 4.74 Å². The van der Waals surface area contributed by atoms with Crippen molar-refractivity contribution in [1.29, 1.82) is 0 Å². The van der Waals surface area contributed by atoms with Gasteiger partial charge in [-0.25, -0.2) is 0 Å². The van der Waals surface area contributed by atoms with E-state index in [2.05, 4.69) is 45.0 Å². The van der Waals surface area contributed by atoms with Gasteiger partial charge in [0, 0.05) is 6.42 Å². The summed E-state index contributed by atoms with van der Waals surface area (Å²) in [7, 11) is 0. The number of hydrogen-bond acceptors (Lipinski definition) is 2. The summed E-state index contributed by atoms with van der Waals surface area (Å²) in [5, 5.41) is 0. The highest BCUT2D eigenvalue weighted by atomic mass is 16.5. The van der Waals surface area contributed by atoms with E-state index < -0.39 is 0 Å². The monoisotopic (exact) mass is 269 g/mol. The van der Waals surface area contributed by atoms with Crippen LogP contribution in [0.15, 0.2) is 42.5 Å². The molecular weight excluding hydrogens is 246 g/mol. The zero-order valence-corrected chi connectivity index (χ0v) is 12.5. The Morgan fingerprint density at radius 1 is 1.00 bits per heavy atom. The van der Waals surface area contributed by atoms with Gasteiger partial charge in [-0.3, -0.25) is 0 Å². The summed E-state index contributed by atoms with van der Waals surface area (Å²) in [4.78, 5) is 0. The molecule has 2 N–H and O–H groups in total. The quantitative estimate of drug-likeness (QED) is 0.887. The largest absolute Gasteiger partial charge is 0.485 e. The molecule has 0 aromatic heterocycles. The van der Waals surface area contributed by atoms with Crippen LogP contribution in [0.25, 0.3) is 0 Å². The number of benzene rings is 2. The molecule has 106 valence electrons. The molecule has 2 rings (SSSR count). The van der Waals surface area contributed by atoms with Gasteiger partial charge in [0.05, 0.1) is 0 Å². The highest BCUT2D eigenvalue weighted by Gasteiger charge is 2.15. The first-order valence-corrected chi connectivity index (χ1v) is 7.11. The van der Waals surface area contributed by atoms with E-state index in [-0.39, 0.29) is 6.10 Å². The van der Waals surface area contributed by atoms with Gasteiger partial charge in [-0.1, -0.05) is 48.0 Å². The fraction of sp³-hybridized carbons (Fsp3) is 0.333. The third kappa shape index (κ3) is 3.40. The summed E-state index contributed by atoms with van der Waals surface area (Å²) < 4.78 is 6.28. The van der Waals surface area contributed by atoms with Crippen molar-refractivity contribution in [3.05, 3.63) is 64.7 Å². The first kappa shape index (κ1) is 14.6. The first-order valence-electron chi connectivity index (χ1n) is 7.11. The zero-order valence-electron chi connectivity index (χ0n) is 12.5. The van der Waals surface area contributed by atoms with Gasteiger partial charge in [-0.05, 0) is 44.0 Å². The minimum atomic E-state index is 0.0151. The maximum atomic E-state index is 6.28. The molecule has 2 aromatic rings. The Morgan fingerprint density at radius 3 is 2.15 bits per heavy atom. The minimum absolute atomic E-state index is 0.0151. The van der Waals surface area contributed by atoms with Crippen molar-refractivity contribution in [2.24, 2.45) is 5.73 Å². The molecule has 0 aliphatic heterocycles. The standard InChI is InChI=1S/C18H23NO/c1-13-11-14(2)18(15(3)12-13)20-17(9-10-19)16-7-5-4-6-8-16/h4-8,11-12,17H,9-10,19H2,1-3H3. The van der Waals surface area contributed by atoms with Gasteiger partial charge in [0.25, 0.3) is 0 Å². The van der Waals surface area contributed by atoms with E-state index in [0.717, 1.165) is 12.2 Å². The molecule has 0 spiro atoms. The van der Waals surface area contributed by atoms with Gasteiger partial charge in [0.1, 0.15) is 11.9 Å². The third-order valence-electron chi connectivity index (χ3n) is 3.46. The lowest BCUT2D eigenvalue weighted by molar-refractivity contribution is 0.195. The van der Waals surface area contributed by atoms with Crippen molar-refractivity contribution >= 4 is 0 Å². The fourth-order valence-corrected chi connectivity index (χ4v) is 2.61. The van der Waals surface area contributed by atoms with Crippen LogP contribution in [0.3, 0.4) is 0 Å². The number of aryl methyl sites for hydroxylation is 3. The zero-order chi connectivity index (χ0) is 14.5. The Bertz CT molecular complexity index is 540. The van der Waals surface area contributed by atoms with E-state index in [1.807, 2.05) is 18.2 Å². The van der Waals surface area contributed by atoms with Crippen LogP contribution >= 0.6 is 0 Å². The summed E-state index contributed by atoms with van der Waals surface area (Å²) in [6, 6.07) is 14.6. The van der Waals surface area contributed by atoms with E-state index in [0.29, 0.717) is 6.54 Å². The van der Waals surface area contributed by atoms with Crippen molar-refractivity contribution in [3.63, 3.8) is 0 Å². The SMILES string of the molecule is Cc1cc(C)c(OC(CCN)c2ccccc2)c(C)c1. The van der Waals surface area contributed by atoms with Gasteiger partial charge in [0.15, 0.2) is 0 Å². The van der Waals surface area contributed by atoms with Gasteiger partial charge in [-0.15, -0.1) is 0 Å². The Balaban J connectivity index is 2.30. The molecule has 2 aromatic carbocycles. The summed E-state index contributed by atoms with van der Waals surface area (Å²) in [6.45, 7) is 6.92. The first-order chi connectivity index (χ1) is 9.61.